The van der Waals surface area contributed by atoms with E-state index in [0.717, 1.165) is 36.9 Å². The summed E-state index contributed by atoms with van der Waals surface area (Å²) in [6.07, 6.45) is 5.27. The largest absolute Gasteiger partial charge is 0.304 e. The molecule has 0 N–H and O–H groups in total. The lowest BCUT2D eigenvalue weighted by Crippen LogP contribution is -2.29. The molecule has 112 valence electrons. The Kier molecular flexibility index (Phi) is 4.06. The molecule has 0 radical (unpaired) electrons. The maximum atomic E-state index is 13.1. The van der Waals surface area contributed by atoms with Crippen molar-refractivity contribution in [2.24, 2.45) is 0 Å². The minimum absolute atomic E-state index is 0.120. The predicted molar refractivity (Wildman–Crippen MR) is 82.9 cm³/mol. The molecule has 1 aliphatic carbocycles. The first-order valence-electron chi connectivity index (χ1n) is 7.62. The van der Waals surface area contributed by atoms with Gasteiger partial charge in [0.25, 0.3) is 5.56 Å². The van der Waals surface area contributed by atoms with E-state index >= 15 is 0 Å². The summed E-state index contributed by atoms with van der Waals surface area (Å²) in [5.41, 5.74) is 1.48. The van der Waals surface area contributed by atoms with E-state index in [1.165, 1.54) is 18.6 Å². The van der Waals surface area contributed by atoms with Crippen LogP contribution in [0, 0.1) is 17.1 Å². The molecule has 3 rings (SSSR count). The van der Waals surface area contributed by atoms with Gasteiger partial charge < -0.3 is 4.57 Å². The topological polar surface area (TPSA) is 45.8 Å². The van der Waals surface area contributed by atoms with Crippen molar-refractivity contribution >= 4 is 0 Å². The molecule has 0 bridgehead atoms. The molecule has 1 aromatic heterocycles. The molecule has 1 fully saturated rings. The van der Waals surface area contributed by atoms with Crippen molar-refractivity contribution in [3.63, 3.8) is 0 Å². The minimum Gasteiger partial charge on any atom is -0.304 e. The van der Waals surface area contributed by atoms with Crippen LogP contribution < -0.4 is 5.56 Å². The average molecular weight is 296 g/mol. The Morgan fingerprint density at radius 1 is 1.05 bits per heavy atom. The zero-order valence-electron chi connectivity index (χ0n) is 12.3. The first-order valence-corrected chi connectivity index (χ1v) is 7.62. The molecular formula is C18H17FN2O. The van der Waals surface area contributed by atoms with Gasteiger partial charge in [0.2, 0.25) is 0 Å². The maximum Gasteiger partial charge on any atom is 0.269 e. The standard InChI is InChI=1S/C18H17FN2O/c19-15-9-6-13(7-10-15)17-11-8-14(12-20)18(22)21(17)16-4-2-1-3-5-16/h6-11,16H,1-5H2. The van der Waals surface area contributed by atoms with Gasteiger partial charge in [-0.1, -0.05) is 19.3 Å². The first-order chi connectivity index (χ1) is 10.7. The van der Waals surface area contributed by atoms with Gasteiger partial charge in [0.15, 0.2) is 0 Å². The van der Waals surface area contributed by atoms with Crippen LogP contribution in [-0.2, 0) is 0 Å². The summed E-state index contributed by atoms with van der Waals surface area (Å²) in [7, 11) is 0. The highest BCUT2D eigenvalue weighted by atomic mass is 19.1. The molecule has 3 nitrogen and oxygen atoms in total. The number of nitrogens with zero attached hydrogens (tertiary/aromatic N) is 2. The third kappa shape index (κ3) is 2.67. The fraction of sp³-hybridized carbons (Fsp3) is 0.333. The predicted octanol–water partition coefficient (Wildman–Crippen LogP) is 4.03. The van der Waals surface area contributed by atoms with Gasteiger partial charge in [-0.3, -0.25) is 4.79 Å². The molecule has 1 aromatic carbocycles. The van der Waals surface area contributed by atoms with Gasteiger partial charge in [0, 0.05) is 6.04 Å². The van der Waals surface area contributed by atoms with Crippen LogP contribution in [0.2, 0.25) is 0 Å². The van der Waals surface area contributed by atoms with E-state index < -0.39 is 0 Å². The van der Waals surface area contributed by atoms with E-state index in [1.807, 2.05) is 6.07 Å². The average Bonchev–Trinajstić information content (AvgIpc) is 2.56. The summed E-state index contributed by atoms with van der Waals surface area (Å²) >= 11 is 0. The Labute approximate surface area is 128 Å². The summed E-state index contributed by atoms with van der Waals surface area (Å²) in [6, 6.07) is 11.6. The molecule has 0 aliphatic heterocycles. The molecule has 0 spiro atoms. The SMILES string of the molecule is N#Cc1ccc(-c2ccc(F)cc2)n(C2CCCCC2)c1=O. The molecular weight excluding hydrogens is 279 g/mol. The highest BCUT2D eigenvalue weighted by Crippen LogP contribution is 2.31. The second kappa shape index (κ2) is 6.15. The summed E-state index contributed by atoms with van der Waals surface area (Å²) in [4.78, 5) is 12.6. The Balaban J connectivity index is 2.17. The third-order valence-electron chi connectivity index (χ3n) is 4.32. The van der Waals surface area contributed by atoms with Gasteiger partial charge >= 0.3 is 0 Å². The van der Waals surface area contributed by atoms with Crippen LogP contribution in [0.25, 0.3) is 11.3 Å². The van der Waals surface area contributed by atoms with Gasteiger partial charge in [-0.05, 0) is 54.8 Å². The summed E-state index contributed by atoms with van der Waals surface area (Å²) < 4.78 is 14.9. The fourth-order valence-corrected chi connectivity index (χ4v) is 3.20. The van der Waals surface area contributed by atoms with Gasteiger partial charge in [-0.25, -0.2) is 4.39 Å². The van der Waals surface area contributed by atoms with Gasteiger partial charge in [0.05, 0.1) is 5.69 Å². The van der Waals surface area contributed by atoms with E-state index in [1.54, 1.807) is 28.8 Å². The van der Waals surface area contributed by atoms with Crippen LogP contribution in [0.15, 0.2) is 41.2 Å². The maximum absolute atomic E-state index is 13.1. The highest BCUT2D eigenvalue weighted by Gasteiger charge is 2.21. The smallest absolute Gasteiger partial charge is 0.269 e. The lowest BCUT2D eigenvalue weighted by molar-refractivity contribution is 0.348. The monoisotopic (exact) mass is 296 g/mol. The molecule has 22 heavy (non-hydrogen) atoms. The van der Waals surface area contributed by atoms with Crippen molar-refractivity contribution in [3.05, 3.63) is 58.1 Å². The third-order valence-corrected chi connectivity index (χ3v) is 4.32. The minimum atomic E-state index is -0.302. The van der Waals surface area contributed by atoms with E-state index in [-0.39, 0.29) is 23.0 Å². The van der Waals surface area contributed by atoms with Crippen LogP contribution >= 0.6 is 0 Å². The number of hydrogen-bond acceptors (Lipinski definition) is 2. The number of hydrogen-bond donors (Lipinski definition) is 0. The lowest BCUT2D eigenvalue weighted by Gasteiger charge is -2.27. The second-order valence-electron chi connectivity index (χ2n) is 5.72. The Bertz CT molecular complexity index is 765. The molecule has 1 aliphatic rings. The van der Waals surface area contributed by atoms with E-state index in [2.05, 4.69) is 0 Å². The van der Waals surface area contributed by atoms with Crippen molar-refractivity contribution in [3.8, 4) is 17.3 Å². The van der Waals surface area contributed by atoms with Crippen LogP contribution in [0.5, 0.6) is 0 Å². The normalized spacial score (nSPS) is 15.5. The Hall–Kier alpha value is -2.41. The van der Waals surface area contributed by atoms with Gasteiger partial charge in [-0.2, -0.15) is 5.26 Å². The summed E-state index contributed by atoms with van der Waals surface area (Å²) in [5, 5.41) is 9.13. The van der Waals surface area contributed by atoms with Crippen LogP contribution in [0.1, 0.15) is 43.7 Å². The second-order valence-corrected chi connectivity index (χ2v) is 5.72. The van der Waals surface area contributed by atoms with Crippen molar-refractivity contribution in [2.45, 2.75) is 38.1 Å². The van der Waals surface area contributed by atoms with Crippen molar-refractivity contribution in [1.82, 2.24) is 4.57 Å². The highest BCUT2D eigenvalue weighted by molar-refractivity contribution is 5.60. The molecule has 1 heterocycles. The van der Waals surface area contributed by atoms with E-state index in [4.69, 9.17) is 5.26 Å². The quantitative estimate of drug-likeness (QED) is 0.840. The molecule has 1 saturated carbocycles. The number of rotatable bonds is 2. The van der Waals surface area contributed by atoms with Gasteiger partial charge in [0.1, 0.15) is 17.4 Å². The molecule has 4 heteroatoms. The van der Waals surface area contributed by atoms with E-state index in [9.17, 15) is 9.18 Å². The van der Waals surface area contributed by atoms with Crippen molar-refractivity contribution in [1.29, 1.82) is 5.26 Å². The number of halogens is 1. The number of pyridine rings is 1. The van der Waals surface area contributed by atoms with Crippen molar-refractivity contribution < 1.29 is 4.39 Å². The number of benzene rings is 1. The van der Waals surface area contributed by atoms with Crippen LogP contribution in [0.3, 0.4) is 0 Å². The zero-order valence-corrected chi connectivity index (χ0v) is 12.3. The Morgan fingerprint density at radius 2 is 1.73 bits per heavy atom. The molecule has 0 unspecified atom stereocenters. The summed E-state index contributed by atoms with van der Waals surface area (Å²) in [5.74, 6) is -0.302. The first kappa shape index (κ1) is 14.5. The number of aromatic nitrogens is 1. The molecule has 0 amide bonds. The van der Waals surface area contributed by atoms with Crippen LogP contribution in [0.4, 0.5) is 4.39 Å². The Morgan fingerprint density at radius 3 is 2.36 bits per heavy atom. The van der Waals surface area contributed by atoms with E-state index in [0.29, 0.717) is 0 Å². The lowest BCUT2D eigenvalue weighted by atomic mass is 9.94. The zero-order chi connectivity index (χ0) is 15.5. The molecule has 0 saturated heterocycles. The van der Waals surface area contributed by atoms with Crippen LogP contribution in [-0.4, -0.2) is 4.57 Å². The number of nitriles is 1. The fourth-order valence-electron chi connectivity index (χ4n) is 3.20. The summed E-state index contributed by atoms with van der Waals surface area (Å²) in [6.45, 7) is 0. The van der Waals surface area contributed by atoms with Gasteiger partial charge in [-0.15, -0.1) is 0 Å². The van der Waals surface area contributed by atoms with Crippen molar-refractivity contribution in [2.75, 3.05) is 0 Å². The molecule has 0 atom stereocenters. The molecule has 2 aromatic rings.